The summed E-state index contributed by atoms with van der Waals surface area (Å²) in [7, 11) is 1.55. The Morgan fingerprint density at radius 2 is 1.86 bits per heavy atom. The van der Waals surface area contributed by atoms with Crippen LogP contribution in [0.15, 0.2) is 24.4 Å². The van der Waals surface area contributed by atoms with Crippen molar-refractivity contribution in [2.24, 2.45) is 0 Å². The lowest BCUT2D eigenvalue weighted by Gasteiger charge is -2.47. The number of methoxy groups -OCH3 is 1. The highest BCUT2D eigenvalue weighted by Gasteiger charge is 2.45. The molecule has 0 spiro atoms. The molecule has 0 radical (unpaired) electrons. The Hall–Kier alpha value is -2.47. The SMILES string of the molecule is COc1nc(N2CCOCC2)cc(-n2ncc3cc(C)c([C@@]4(S)CCN(C5COC5)CC4F)cc32)n1. The van der Waals surface area contributed by atoms with Gasteiger partial charge in [0.1, 0.15) is 12.0 Å². The highest BCUT2D eigenvalue weighted by atomic mass is 32.1. The van der Waals surface area contributed by atoms with Crippen molar-refractivity contribution < 1.29 is 18.6 Å². The van der Waals surface area contributed by atoms with Gasteiger partial charge in [0.25, 0.3) is 0 Å². The monoisotopic (exact) mass is 514 g/mol. The number of thiol groups is 1. The van der Waals surface area contributed by atoms with Gasteiger partial charge in [-0.2, -0.15) is 27.7 Å². The number of rotatable bonds is 5. The number of aryl methyl sites for hydroxylation is 1. The number of ether oxygens (including phenoxy) is 3. The van der Waals surface area contributed by atoms with Crippen LogP contribution in [0.1, 0.15) is 17.5 Å². The summed E-state index contributed by atoms with van der Waals surface area (Å²) in [5.41, 5.74) is 2.75. The van der Waals surface area contributed by atoms with Crippen molar-refractivity contribution in [2.75, 3.05) is 64.6 Å². The largest absolute Gasteiger partial charge is 0.467 e. The van der Waals surface area contributed by atoms with Crippen molar-refractivity contribution in [2.45, 2.75) is 30.3 Å². The molecule has 3 aromatic rings. The molecule has 36 heavy (non-hydrogen) atoms. The number of hydrogen-bond acceptors (Lipinski definition) is 9. The van der Waals surface area contributed by atoms with Gasteiger partial charge in [0.15, 0.2) is 5.82 Å². The first-order chi connectivity index (χ1) is 17.5. The molecule has 5 heterocycles. The molecule has 1 unspecified atom stereocenters. The van der Waals surface area contributed by atoms with E-state index < -0.39 is 10.9 Å². The third-order valence-electron chi connectivity index (χ3n) is 7.62. The van der Waals surface area contributed by atoms with Crippen LogP contribution in [0.25, 0.3) is 16.7 Å². The zero-order chi connectivity index (χ0) is 24.9. The first-order valence-corrected chi connectivity index (χ1v) is 12.8. The zero-order valence-corrected chi connectivity index (χ0v) is 21.5. The predicted octanol–water partition coefficient (Wildman–Crippen LogP) is 2.54. The molecule has 0 aliphatic carbocycles. The van der Waals surface area contributed by atoms with Gasteiger partial charge in [-0.3, -0.25) is 4.90 Å². The predicted molar refractivity (Wildman–Crippen MR) is 137 cm³/mol. The smallest absolute Gasteiger partial charge is 0.320 e. The average Bonchev–Trinajstić information content (AvgIpc) is 3.27. The van der Waals surface area contributed by atoms with E-state index in [4.69, 9.17) is 26.8 Å². The maximum absolute atomic E-state index is 15.7. The van der Waals surface area contributed by atoms with Crippen LogP contribution in [-0.2, 0) is 14.2 Å². The second-order valence-electron chi connectivity index (χ2n) is 9.78. The molecule has 11 heteroatoms. The van der Waals surface area contributed by atoms with E-state index in [2.05, 4.69) is 30.9 Å². The minimum atomic E-state index is -1.10. The number of hydrogen-bond donors (Lipinski definition) is 1. The molecule has 1 aromatic carbocycles. The van der Waals surface area contributed by atoms with E-state index >= 15 is 4.39 Å². The molecule has 3 aliphatic heterocycles. The summed E-state index contributed by atoms with van der Waals surface area (Å²) in [6, 6.07) is 6.59. The van der Waals surface area contributed by atoms with Crippen LogP contribution in [-0.4, -0.2) is 96.6 Å². The van der Waals surface area contributed by atoms with Gasteiger partial charge < -0.3 is 19.1 Å². The van der Waals surface area contributed by atoms with Gasteiger partial charge in [-0.1, -0.05) is 0 Å². The van der Waals surface area contributed by atoms with Gasteiger partial charge in [-0.25, -0.2) is 9.07 Å². The number of piperidine rings is 1. The van der Waals surface area contributed by atoms with Crippen molar-refractivity contribution in [3.8, 4) is 11.8 Å². The molecule has 9 nitrogen and oxygen atoms in total. The maximum Gasteiger partial charge on any atom is 0.320 e. The Labute approximate surface area is 214 Å². The summed E-state index contributed by atoms with van der Waals surface area (Å²) >= 11 is 4.98. The maximum atomic E-state index is 15.7. The molecule has 3 saturated heterocycles. The van der Waals surface area contributed by atoms with Crippen LogP contribution < -0.4 is 9.64 Å². The van der Waals surface area contributed by atoms with Gasteiger partial charge >= 0.3 is 6.01 Å². The molecule has 2 atom stereocenters. The fourth-order valence-corrected chi connectivity index (χ4v) is 5.80. The lowest BCUT2D eigenvalue weighted by Crippen LogP contribution is -2.57. The summed E-state index contributed by atoms with van der Waals surface area (Å²) in [5.74, 6) is 1.36. The number of aromatic nitrogens is 4. The fourth-order valence-electron chi connectivity index (χ4n) is 5.38. The molecule has 3 fully saturated rings. The van der Waals surface area contributed by atoms with Crippen LogP contribution in [0.5, 0.6) is 6.01 Å². The Bertz CT molecular complexity index is 1260. The molecule has 2 aromatic heterocycles. The number of morpholine rings is 1. The molecule has 0 saturated carbocycles. The Morgan fingerprint density at radius 1 is 1.08 bits per heavy atom. The quantitative estimate of drug-likeness (QED) is 0.521. The zero-order valence-electron chi connectivity index (χ0n) is 20.6. The van der Waals surface area contributed by atoms with Crippen molar-refractivity contribution in [3.63, 3.8) is 0 Å². The fraction of sp³-hybridized carbons (Fsp3) is 0.560. The van der Waals surface area contributed by atoms with Crippen LogP contribution in [0, 0.1) is 6.92 Å². The van der Waals surface area contributed by atoms with E-state index in [1.807, 2.05) is 25.3 Å². The number of halogens is 1. The standard InChI is InChI=1S/C25H31FN6O3S/c1-16-9-17-12-27-32(23-11-22(28-24(29-23)33-2)30-5-7-34-8-6-30)20(17)10-19(16)25(36)3-4-31(13-21(25)26)18-14-35-15-18/h9-12,18,21,36H,3-8,13-15H2,1-2H3/t21?,25-/m0/s1. The number of nitrogens with zero attached hydrogens (tertiary/aromatic N) is 6. The summed E-state index contributed by atoms with van der Waals surface area (Å²) in [6.07, 6.45) is 1.33. The minimum absolute atomic E-state index is 0.270. The highest BCUT2D eigenvalue weighted by Crippen LogP contribution is 2.44. The van der Waals surface area contributed by atoms with E-state index in [9.17, 15) is 0 Å². The van der Waals surface area contributed by atoms with Crippen molar-refractivity contribution in [1.29, 1.82) is 0 Å². The second-order valence-corrected chi connectivity index (χ2v) is 10.6. The minimum Gasteiger partial charge on any atom is -0.467 e. The van der Waals surface area contributed by atoms with Crippen molar-refractivity contribution in [1.82, 2.24) is 24.6 Å². The Balaban J connectivity index is 1.38. The number of fused-ring (bicyclic) bond motifs is 1. The summed E-state index contributed by atoms with van der Waals surface area (Å²) in [4.78, 5) is 13.5. The van der Waals surface area contributed by atoms with E-state index in [1.165, 1.54) is 0 Å². The first kappa shape index (κ1) is 23.9. The summed E-state index contributed by atoms with van der Waals surface area (Å²) < 4.78 is 32.9. The number of alkyl halides is 1. The third-order valence-corrected chi connectivity index (χ3v) is 8.37. The summed E-state index contributed by atoms with van der Waals surface area (Å²) in [6.45, 7) is 7.33. The van der Waals surface area contributed by atoms with Gasteiger partial charge in [0, 0.05) is 37.6 Å². The molecule has 0 N–H and O–H groups in total. The lowest BCUT2D eigenvalue weighted by atomic mass is 9.83. The van der Waals surface area contributed by atoms with E-state index in [-0.39, 0.29) is 6.01 Å². The second kappa shape index (κ2) is 9.44. The topological polar surface area (TPSA) is 77.8 Å². The van der Waals surface area contributed by atoms with Crippen LogP contribution in [0.2, 0.25) is 0 Å². The Morgan fingerprint density at radius 3 is 2.56 bits per heavy atom. The molecule has 0 bridgehead atoms. The number of benzene rings is 1. The highest BCUT2D eigenvalue weighted by molar-refractivity contribution is 7.81. The first-order valence-electron chi connectivity index (χ1n) is 12.4. The van der Waals surface area contributed by atoms with Crippen LogP contribution >= 0.6 is 12.6 Å². The van der Waals surface area contributed by atoms with Crippen molar-refractivity contribution >= 4 is 29.3 Å². The third kappa shape index (κ3) is 4.11. The molecular formula is C25H31FN6O3S. The number of likely N-dealkylation sites (tertiary alicyclic amines) is 1. The van der Waals surface area contributed by atoms with Gasteiger partial charge in [0.05, 0.1) is 56.0 Å². The lowest BCUT2D eigenvalue weighted by molar-refractivity contribution is -0.0827. The van der Waals surface area contributed by atoms with E-state index in [1.54, 1.807) is 11.8 Å². The molecule has 6 rings (SSSR count). The van der Waals surface area contributed by atoms with Gasteiger partial charge in [0.2, 0.25) is 0 Å². The summed E-state index contributed by atoms with van der Waals surface area (Å²) in [5, 5.41) is 5.59. The van der Waals surface area contributed by atoms with Crippen LogP contribution in [0.3, 0.4) is 0 Å². The Kier molecular flexibility index (Phi) is 6.27. The normalized spacial score (nSPS) is 25.8. The van der Waals surface area contributed by atoms with Gasteiger partial charge in [-0.05, 0) is 36.6 Å². The van der Waals surface area contributed by atoms with Gasteiger partial charge in [-0.15, -0.1) is 0 Å². The molecule has 3 aliphatic rings. The van der Waals surface area contributed by atoms with Crippen LogP contribution in [0.4, 0.5) is 10.2 Å². The molecule has 192 valence electrons. The van der Waals surface area contributed by atoms with E-state index in [0.717, 1.165) is 47.5 Å². The van der Waals surface area contributed by atoms with E-state index in [0.29, 0.717) is 51.3 Å². The number of anilines is 1. The average molecular weight is 515 g/mol. The van der Waals surface area contributed by atoms with Crippen molar-refractivity contribution in [3.05, 3.63) is 35.5 Å². The molecule has 0 amide bonds. The molecular weight excluding hydrogens is 483 g/mol.